The van der Waals surface area contributed by atoms with E-state index in [1.807, 2.05) is 12.3 Å². The minimum Gasteiger partial charge on any atom is -0.376 e. The van der Waals surface area contributed by atoms with E-state index in [0.717, 1.165) is 36.2 Å². The quantitative estimate of drug-likeness (QED) is 0.728. The minimum absolute atomic E-state index is 0.0413. The van der Waals surface area contributed by atoms with Crippen molar-refractivity contribution in [2.45, 2.75) is 56.1 Å². The molecule has 3 fully saturated rings. The Balaban J connectivity index is 1.32. The van der Waals surface area contributed by atoms with Crippen LogP contribution in [0.1, 0.15) is 54.1 Å². The number of thiocarbonyl (C=S) groups is 1. The third-order valence-electron chi connectivity index (χ3n) is 6.27. The summed E-state index contributed by atoms with van der Waals surface area (Å²) >= 11 is 11.7. The Morgan fingerprint density at radius 3 is 2.76 bits per heavy atom. The Labute approximate surface area is 179 Å². The van der Waals surface area contributed by atoms with E-state index >= 15 is 0 Å². The van der Waals surface area contributed by atoms with Gasteiger partial charge in [0.15, 0.2) is 5.11 Å². The summed E-state index contributed by atoms with van der Waals surface area (Å²) in [5, 5.41) is 3.97. The second-order valence-electron chi connectivity index (χ2n) is 8.16. The number of nitrogens with one attached hydrogen (secondary N) is 1. The van der Waals surface area contributed by atoms with Crippen LogP contribution in [0, 0.1) is 0 Å². The summed E-state index contributed by atoms with van der Waals surface area (Å²) in [5.74, 6) is 0.366. The zero-order valence-corrected chi connectivity index (χ0v) is 17.4. The average molecular weight is 428 g/mol. The fraction of sp³-hybridized carbons (Fsp3) is 0.429. The molecule has 3 aliphatic rings. The number of hydrogen-bond donors (Lipinski definition) is 2. The summed E-state index contributed by atoms with van der Waals surface area (Å²) in [5.41, 5.74) is 9.00. The highest BCUT2D eigenvalue weighted by atomic mass is 35.5. The Bertz CT molecular complexity index is 995. The van der Waals surface area contributed by atoms with Crippen molar-refractivity contribution in [2.24, 2.45) is 5.73 Å². The molecule has 1 aromatic heterocycles. The molecule has 3 heterocycles. The molecule has 5 rings (SSSR count). The summed E-state index contributed by atoms with van der Waals surface area (Å²) in [6.07, 6.45) is 8.85. The van der Waals surface area contributed by atoms with E-state index < -0.39 is 0 Å². The lowest BCUT2D eigenvalue weighted by Crippen LogP contribution is -2.46. The number of nitrogens with two attached hydrogens (primary N) is 1. The first-order valence-electron chi connectivity index (χ1n) is 10.0. The van der Waals surface area contributed by atoms with Crippen LogP contribution in [0.15, 0.2) is 30.6 Å². The molecule has 2 saturated heterocycles. The summed E-state index contributed by atoms with van der Waals surface area (Å²) < 4.78 is 0. The van der Waals surface area contributed by atoms with Crippen LogP contribution < -0.4 is 11.1 Å². The van der Waals surface area contributed by atoms with Crippen molar-refractivity contribution in [3.05, 3.63) is 46.9 Å². The van der Waals surface area contributed by atoms with Crippen LogP contribution in [-0.4, -0.2) is 44.0 Å². The summed E-state index contributed by atoms with van der Waals surface area (Å²) in [6, 6.07) is 5.98. The molecule has 1 saturated carbocycles. The lowest BCUT2D eigenvalue weighted by molar-refractivity contribution is 0.0929. The van der Waals surface area contributed by atoms with Gasteiger partial charge in [-0.25, -0.2) is 4.98 Å². The largest absolute Gasteiger partial charge is 0.376 e. The van der Waals surface area contributed by atoms with E-state index in [2.05, 4.69) is 15.2 Å². The van der Waals surface area contributed by atoms with E-state index in [0.29, 0.717) is 27.7 Å². The van der Waals surface area contributed by atoms with Crippen LogP contribution in [0.4, 0.5) is 0 Å². The number of carbonyl (C=O) groups is 1. The van der Waals surface area contributed by atoms with Gasteiger partial charge in [-0.2, -0.15) is 0 Å². The van der Waals surface area contributed by atoms with E-state index in [1.165, 1.54) is 12.8 Å². The molecular weight excluding hydrogens is 406 g/mol. The number of carbonyl (C=O) groups excluding carboxylic acids is 1. The second-order valence-corrected chi connectivity index (χ2v) is 8.98. The topological polar surface area (TPSA) is 84.1 Å². The number of hydrogen-bond acceptors (Lipinski definition) is 4. The Morgan fingerprint density at radius 2 is 2.07 bits per heavy atom. The Morgan fingerprint density at radius 1 is 1.24 bits per heavy atom. The van der Waals surface area contributed by atoms with Gasteiger partial charge in [0.05, 0.1) is 40.3 Å². The van der Waals surface area contributed by atoms with Crippen LogP contribution in [-0.2, 0) is 0 Å². The number of halogens is 1. The van der Waals surface area contributed by atoms with Gasteiger partial charge < -0.3 is 16.0 Å². The van der Waals surface area contributed by atoms with Crippen molar-refractivity contribution < 1.29 is 4.79 Å². The van der Waals surface area contributed by atoms with Gasteiger partial charge in [-0.3, -0.25) is 9.78 Å². The number of amides is 1. The zero-order valence-electron chi connectivity index (χ0n) is 15.8. The normalized spacial score (nSPS) is 25.3. The number of aromatic nitrogens is 2. The molecule has 150 valence electrons. The second kappa shape index (κ2) is 7.22. The number of benzene rings is 1. The molecule has 29 heavy (non-hydrogen) atoms. The summed E-state index contributed by atoms with van der Waals surface area (Å²) in [7, 11) is 0. The molecule has 0 radical (unpaired) electrons. The third kappa shape index (κ3) is 3.46. The molecule has 1 aromatic carbocycles. The predicted molar refractivity (Wildman–Crippen MR) is 116 cm³/mol. The lowest BCUT2D eigenvalue weighted by atomic mass is 9.95. The minimum atomic E-state index is -0.167. The lowest BCUT2D eigenvalue weighted by Gasteiger charge is -2.25. The summed E-state index contributed by atoms with van der Waals surface area (Å²) in [4.78, 5) is 24.0. The molecular formula is C21H22ClN5OS. The molecule has 1 aliphatic carbocycles. The van der Waals surface area contributed by atoms with Gasteiger partial charge in [0.2, 0.25) is 0 Å². The highest BCUT2D eigenvalue weighted by Crippen LogP contribution is 2.39. The molecule has 1 amide bonds. The van der Waals surface area contributed by atoms with Gasteiger partial charge in [0.25, 0.3) is 5.91 Å². The Kier molecular flexibility index (Phi) is 4.67. The van der Waals surface area contributed by atoms with E-state index in [9.17, 15) is 4.79 Å². The molecule has 2 aromatic rings. The first-order valence-corrected chi connectivity index (χ1v) is 10.8. The Hall–Kier alpha value is -2.25. The van der Waals surface area contributed by atoms with Crippen molar-refractivity contribution in [3.8, 4) is 11.3 Å². The maximum atomic E-state index is 12.9. The maximum absolute atomic E-state index is 12.9. The van der Waals surface area contributed by atoms with Crippen molar-refractivity contribution in [2.75, 3.05) is 0 Å². The van der Waals surface area contributed by atoms with Crippen LogP contribution in [0.3, 0.4) is 0 Å². The fourth-order valence-corrected chi connectivity index (χ4v) is 5.24. The van der Waals surface area contributed by atoms with E-state index in [-0.39, 0.29) is 18.0 Å². The van der Waals surface area contributed by atoms with Crippen molar-refractivity contribution >= 4 is 34.8 Å². The zero-order chi connectivity index (χ0) is 20.1. The smallest absolute Gasteiger partial charge is 0.253 e. The van der Waals surface area contributed by atoms with Crippen molar-refractivity contribution in [3.63, 3.8) is 0 Å². The summed E-state index contributed by atoms with van der Waals surface area (Å²) in [6.45, 7) is 0. The monoisotopic (exact) mass is 427 g/mol. The molecule has 0 spiro atoms. The van der Waals surface area contributed by atoms with Crippen LogP contribution in [0.2, 0.25) is 5.02 Å². The van der Waals surface area contributed by atoms with Gasteiger partial charge in [-0.05, 0) is 56.5 Å². The maximum Gasteiger partial charge on any atom is 0.253 e. The molecule has 0 unspecified atom stereocenters. The predicted octanol–water partition coefficient (Wildman–Crippen LogP) is 3.25. The molecule has 3 atom stereocenters. The van der Waals surface area contributed by atoms with Gasteiger partial charge in [-0.1, -0.05) is 17.7 Å². The SMILES string of the molecule is NC(=S)N1[C@H]2CC[C@@H]1[C@H](NC(=O)c1ccc(-c3cncc(C4CC4)n3)cc1Cl)C2. The van der Waals surface area contributed by atoms with E-state index in [4.69, 9.17) is 34.5 Å². The molecule has 2 aliphatic heterocycles. The number of fused-ring (bicyclic) bond motifs is 2. The fourth-order valence-electron chi connectivity index (χ4n) is 4.69. The van der Waals surface area contributed by atoms with Crippen LogP contribution in [0.5, 0.6) is 0 Å². The van der Waals surface area contributed by atoms with Crippen molar-refractivity contribution in [1.29, 1.82) is 0 Å². The van der Waals surface area contributed by atoms with E-state index in [1.54, 1.807) is 18.3 Å². The first-order chi connectivity index (χ1) is 14.0. The van der Waals surface area contributed by atoms with Gasteiger partial charge in [-0.15, -0.1) is 0 Å². The van der Waals surface area contributed by atoms with Crippen LogP contribution >= 0.6 is 23.8 Å². The van der Waals surface area contributed by atoms with Gasteiger partial charge in [0.1, 0.15) is 0 Å². The molecule has 8 heteroatoms. The standard InChI is InChI=1S/C21H22ClN5OS/c22-15-7-12(18-10-24-9-17(25-18)11-1-2-11)3-5-14(15)20(28)26-16-8-13-4-6-19(16)27(13)21(23)29/h3,5,7,9-11,13,16,19H,1-2,4,6,8H2,(H2,23,29)(H,26,28)/t13-,16+,19+/m0/s1. The number of nitrogens with zero attached hydrogens (tertiary/aromatic N) is 3. The first kappa shape index (κ1) is 18.8. The molecule has 6 nitrogen and oxygen atoms in total. The highest BCUT2D eigenvalue weighted by molar-refractivity contribution is 7.80. The van der Waals surface area contributed by atoms with Gasteiger partial charge >= 0.3 is 0 Å². The van der Waals surface area contributed by atoms with Crippen molar-refractivity contribution in [1.82, 2.24) is 20.2 Å². The average Bonchev–Trinajstić information content (AvgIpc) is 3.40. The highest BCUT2D eigenvalue weighted by Gasteiger charge is 2.47. The molecule has 2 bridgehead atoms. The molecule has 3 N–H and O–H groups in total. The number of rotatable bonds is 4. The van der Waals surface area contributed by atoms with Crippen LogP contribution in [0.25, 0.3) is 11.3 Å². The van der Waals surface area contributed by atoms with Gasteiger partial charge in [0, 0.05) is 23.7 Å². The third-order valence-corrected chi connectivity index (χ3v) is 6.79.